The lowest BCUT2D eigenvalue weighted by Crippen LogP contribution is -2.37. The first kappa shape index (κ1) is 13.0. The molecule has 1 aliphatic rings. The maximum atomic E-state index is 6.46. The summed E-state index contributed by atoms with van der Waals surface area (Å²) in [6.07, 6.45) is 5.06. The van der Waals surface area contributed by atoms with Gasteiger partial charge in [0, 0.05) is 7.05 Å². The van der Waals surface area contributed by atoms with Gasteiger partial charge in [-0.3, -0.25) is 0 Å². The minimum Gasteiger partial charge on any atom is -0.322 e. The van der Waals surface area contributed by atoms with E-state index in [0.717, 1.165) is 10.3 Å². The number of hydrogen-bond donors (Lipinski definition) is 1. The van der Waals surface area contributed by atoms with Gasteiger partial charge in [-0.15, -0.1) is 5.10 Å². The summed E-state index contributed by atoms with van der Waals surface area (Å²) in [4.78, 5) is 0. The lowest BCUT2D eigenvalue weighted by Gasteiger charge is -2.41. The van der Waals surface area contributed by atoms with Crippen LogP contribution in [0.2, 0.25) is 0 Å². The van der Waals surface area contributed by atoms with E-state index >= 15 is 0 Å². The predicted octanol–water partition coefficient (Wildman–Crippen LogP) is 2.79. The van der Waals surface area contributed by atoms with Gasteiger partial charge in [0.2, 0.25) is 0 Å². The van der Waals surface area contributed by atoms with E-state index < -0.39 is 0 Å². The van der Waals surface area contributed by atoms with E-state index in [1.165, 1.54) is 25.7 Å². The zero-order valence-electron chi connectivity index (χ0n) is 10.8. The third-order valence-corrected chi connectivity index (χ3v) is 4.73. The fourth-order valence-corrected chi connectivity index (χ4v) is 3.66. The molecule has 0 bridgehead atoms. The highest BCUT2D eigenvalue weighted by atomic mass is 79.9. The second kappa shape index (κ2) is 4.69. The van der Waals surface area contributed by atoms with E-state index in [0.29, 0.717) is 11.3 Å². The molecule has 2 N–H and O–H groups in total. The van der Waals surface area contributed by atoms with Gasteiger partial charge in [-0.2, -0.15) is 0 Å². The van der Waals surface area contributed by atoms with Gasteiger partial charge in [0.15, 0.2) is 4.60 Å². The molecule has 0 aliphatic heterocycles. The zero-order valence-corrected chi connectivity index (χ0v) is 12.4. The van der Waals surface area contributed by atoms with Crippen molar-refractivity contribution in [1.82, 2.24) is 15.0 Å². The van der Waals surface area contributed by atoms with Gasteiger partial charge in [0.25, 0.3) is 0 Å². The van der Waals surface area contributed by atoms with Gasteiger partial charge in [0.1, 0.15) is 0 Å². The van der Waals surface area contributed by atoms with E-state index in [9.17, 15) is 0 Å². The molecule has 1 aromatic rings. The predicted molar refractivity (Wildman–Crippen MR) is 71.4 cm³/mol. The summed E-state index contributed by atoms with van der Waals surface area (Å²) < 4.78 is 2.58. The van der Waals surface area contributed by atoms with Crippen LogP contribution in [0.3, 0.4) is 0 Å². The summed E-state index contributed by atoms with van der Waals surface area (Å²) in [7, 11) is 1.91. The largest absolute Gasteiger partial charge is 0.322 e. The molecule has 0 amide bonds. The van der Waals surface area contributed by atoms with Gasteiger partial charge >= 0.3 is 0 Å². The van der Waals surface area contributed by atoms with Crippen molar-refractivity contribution in [3.63, 3.8) is 0 Å². The van der Waals surface area contributed by atoms with E-state index in [2.05, 4.69) is 40.1 Å². The highest BCUT2D eigenvalue weighted by Gasteiger charge is 2.38. The number of aryl methyl sites for hydroxylation is 1. The van der Waals surface area contributed by atoms with Crippen LogP contribution in [0.25, 0.3) is 0 Å². The fourth-order valence-electron chi connectivity index (χ4n) is 3.07. The van der Waals surface area contributed by atoms with Crippen molar-refractivity contribution in [3.8, 4) is 0 Å². The van der Waals surface area contributed by atoms with Crippen molar-refractivity contribution >= 4 is 15.9 Å². The maximum absolute atomic E-state index is 6.46. The third kappa shape index (κ3) is 2.40. The van der Waals surface area contributed by atoms with E-state index in [1.54, 1.807) is 4.68 Å². The van der Waals surface area contributed by atoms with Crippen LogP contribution >= 0.6 is 15.9 Å². The number of nitrogens with zero attached hydrogens (tertiary/aromatic N) is 3. The lowest BCUT2D eigenvalue weighted by atomic mass is 9.65. The summed E-state index contributed by atoms with van der Waals surface area (Å²) in [5.41, 5.74) is 7.79. The highest BCUT2D eigenvalue weighted by molar-refractivity contribution is 9.10. The Hall–Kier alpha value is -0.420. The third-order valence-electron chi connectivity index (χ3n) is 4.17. The number of nitrogens with two attached hydrogens (primary N) is 1. The van der Waals surface area contributed by atoms with Crippen LogP contribution in [0.1, 0.15) is 51.3 Å². The second-order valence-electron chi connectivity index (χ2n) is 5.76. The van der Waals surface area contributed by atoms with Crippen LogP contribution in [-0.2, 0) is 7.05 Å². The topological polar surface area (TPSA) is 56.7 Å². The summed E-state index contributed by atoms with van der Waals surface area (Å²) >= 11 is 3.45. The molecule has 5 heteroatoms. The van der Waals surface area contributed by atoms with Crippen LogP contribution < -0.4 is 5.73 Å². The summed E-state index contributed by atoms with van der Waals surface area (Å²) in [6, 6.07) is 0.0136. The summed E-state index contributed by atoms with van der Waals surface area (Å²) in [5, 5.41) is 8.05. The number of rotatable bonds is 2. The molecule has 2 unspecified atom stereocenters. The van der Waals surface area contributed by atoms with Gasteiger partial charge in [-0.1, -0.05) is 31.9 Å². The standard InChI is InChI=1S/C12H21BrN4/c1-12(2)7-5-4-6-8(12)9(14)10-11(13)15-16-17(10)3/h8-9H,4-7,14H2,1-3H3. The molecule has 0 aromatic carbocycles. The van der Waals surface area contributed by atoms with Crippen molar-refractivity contribution in [2.45, 2.75) is 45.6 Å². The molecule has 1 heterocycles. The van der Waals surface area contributed by atoms with Crippen molar-refractivity contribution < 1.29 is 0 Å². The van der Waals surface area contributed by atoms with Gasteiger partial charge in [0.05, 0.1) is 11.7 Å². The molecule has 17 heavy (non-hydrogen) atoms. The first-order valence-electron chi connectivity index (χ1n) is 6.24. The molecule has 2 rings (SSSR count). The average Bonchev–Trinajstić information content (AvgIpc) is 2.57. The molecule has 1 fully saturated rings. The molecule has 2 atom stereocenters. The Morgan fingerprint density at radius 3 is 2.71 bits per heavy atom. The SMILES string of the molecule is Cn1nnc(Br)c1C(N)C1CCCCC1(C)C. The zero-order chi connectivity index (χ0) is 12.6. The fraction of sp³-hybridized carbons (Fsp3) is 0.833. The van der Waals surface area contributed by atoms with Crippen molar-refractivity contribution in [3.05, 3.63) is 10.3 Å². The molecule has 1 aromatic heterocycles. The van der Waals surface area contributed by atoms with E-state index in [1.807, 2.05) is 7.05 Å². The second-order valence-corrected chi connectivity index (χ2v) is 6.51. The first-order chi connectivity index (χ1) is 7.93. The molecule has 0 saturated heterocycles. The summed E-state index contributed by atoms with van der Waals surface area (Å²) in [5.74, 6) is 0.504. The average molecular weight is 301 g/mol. The normalized spacial score (nSPS) is 25.8. The number of halogens is 1. The molecule has 0 spiro atoms. The van der Waals surface area contributed by atoms with E-state index in [4.69, 9.17) is 5.73 Å². The molecule has 1 saturated carbocycles. The molecule has 1 aliphatic carbocycles. The Labute approximate surface area is 111 Å². The monoisotopic (exact) mass is 300 g/mol. The highest BCUT2D eigenvalue weighted by Crippen LogP contribution is 2.46. The Balaban J connectivity index is 2.27. The first-order valence-corrected chi connectivity index (χ1v) is 7.03. The molecule has 0 radical (unpaired) electrons. The van der Waals surface area contributed by atoms with Crippen LogP contribution in [0.5, 0.6) is 0 Å². The summed E-state index contributed by atoms with van der Waals surface area (Å²) in [6.45, 7) is 4.66. The lowest BCUT2D eigenvalue weighted by molar-refractivity contribution is 0.110. The van der Waals surface area contributed by atoms with Gasteiger partial charge < -0.3 is 5.73 Å². The number of aromatic nitrogens is 3. The minimum atomic E-state index is 0.0136. The maximum Gasteiger partial charge on any atom is 0.153 e. The number of hydrogen-bond acceptors (Lipinski definition) is 3. The Morgan fingerprint density at radius 2 is 2.18 bits per heavy atom. The van der Waals surface area contributed by atoms with Gasteiger partial charge in [-0.25, -0.2) is 4.68 Å². The van der Waals surface area contributed by atoms with E-state index in [-0.39, 0.29) is 6.04 Å². The van der Waals surface area contributed by atoms with Gasteiger partial charge in [-0.05, 0) is 40.1 Å². The van der Waals surface area contributed by atoms with Crippen LogP contribution in [0, 0.1) is 11.3 Å². The minimum absolute atomic E-state index is 0.0136. The molecule has 4 nitrogen and oxygen atoms in total. The van der Waals surface area contributed by atoms with Crippen LogP contribution in [0.15, 0.2) is 4.60 Å². The van der Waals surface area contributed by atoms with Crippen molar-refractivity contribution in [2.75, 3.05) is 0 Å². The smallest absolute Gasteiger partial charge is 0.153 e. The Kier molecular flexibility index (Phi) is 3.59. The Bertz CT molecular complexity index is 380. The van der Waals surface area contributed by atoms with Crippen molar-refractivity contribution in [1.29, 1.82) is 0 Å². The van der Waals surface area contributed by atoms with Crippen LogP contribution in [0.4, 0.5) is 0 Å². The molecular weight excluding hydrogens is 280 g/mol. The van der Waals surface area contributed by atoms with Crippen molar-refractivity contribution in [2.24, 2.45) is 24.1 Å². The Morgan fingerprint density at radius 1 is 1.47 bits per heavy atom. The molecule has 96 valence electrons. The molecular formula is C12H21BrN4. The quantitative estimate of drug-likeness (QED) is 0.914. The van der Waals surface area contributed by atoms with Crippen LogP contribution in [-0.4, -0.2) is 15.0 Å².